The van der Waals surface area contributed by atoms with Gasteiger partial charge in [0.25, 0.3) is 10.0 Å². The lowest BCUT2D eigenvalue weighted by Gasteiger charge is -2.22. The smallest absolute Gasteiger partial charge is 0.337 e. The second-order valence-corrected chi connectivity index (χ2v) is 8.77. The summed E-state index contributed by atoms with van der Waals surface area (Å²) in [6.07, 6.45) is 0. The summed E-state index contributed by atoms with van der Waals surface area (Å²) < 4.78 is 27.3. The Morgan fingerprint density at radius 3 is 2.48 bits per heavy atom. The van der Waals surface area contributed by atoms with Crippen LogP contribution in [0.25, 0.3) is 0 Å². The number of rotatable bonds is 7. The standard InChI is InChI=1S/C19H18N2O4S2/c1-21(13-14-6-3-2-4-7-14)17-10-9-15(12-16(17)19(22)23)20-27(24,25)18-8-5-11-26-18/h2-12,20H,13H2,1H3,(H,22,23). The van der Waals surface area contributed by atoms with Crippen molar-refractivity contribution in [2.45, 2.75) is 10.8 Å². The van der Waals surface area contributed by atoms with Crippen molar-refractivity contribution in [2.24, 2.45) is 0 Å². The molecule has 6 nitrogen and oxygen atoms in total. The predicted molar refractivity (Wildman–Crippen MR) is 107 cm³/mol. The van der Waals surface area contributed by atoms with Crippen LogP contribution in [-0.4, -0.2) is 26.5 Å². The van der Waals surface area contributed by atoms with Gasteiger partial charge in [0.15, 0.2) is 0 Å². The minimum atomic E-state index is -3.73. The molecule has 0 bridgehead atoms. The number of aromatic carboxylic acids is 1. The molecule has 0 aliphatic heterocycles. The monoisotopic (exact) mass is 402 g/mol. The summed E-state index contributed by atoms with van der Waals surface area (Å²) in [4.78, 5) is 13.5. The number of carboxylic acids is 1. The summed E-state index contributed by atoms with van der Waals surface area (Å²) in [5.74, 6) is -1.12. The Bertz CT molecular complexity index is 1030. The Morgan fingerprint density at radius 2 is 1.85 bits per heavy atom. The van der Waals surface area contributed by atoms with Crippen LogP contribution in [-0.2, 0) is 16.6 Å². The van der Waals surface area contributed by atoms with E-state index in [-0.39, 0.29) is 15.5 Å². The molecule has 0 spiro atoms. The first-order chi connectivity index (χ1) is 12.9. The minimum absolute atomic E-state index is 0.0276. The Morgan fingerprint density at radius 1 is 1.11 bits per heavy atom. The maximum atomic E-state index is 12.3. The van der Waals surface area contributed by atoms with Gasteiger partial charge >= 0.3 is 5.97 Å². The Labute approximate surface area is 161 Å². The number of nitrogens with zero attached hydrogens (tertiary/aromatic N) is 1. The highest BCUT2D eigenvalue weighted by Gasteiger charge is 2.19. The molecule has 1 aromatic heterocycles. The lowest BCUT2D eigenvalue weighted by molar-refractivity contribution is 0.0697. The summed E-state index contributed by atoms with van der Waals surface area (Å²) >= 11 is 1.09. The lowest BCUT2D eigenvalue weighted by Crippen LogP contribution is -2.20. The van der Waals surface area contributed by atoms with Gasteiger partial charge in [-0.05, 0) is 35.2 Å². The van der Waals surface area contributed by atoms with E-state index in [0.29, 0.717) is 12.2 Å². The van der Waals surface area contributed by atoms with Gasteiger partial charge in [-0.3, -0.25) is 4.72 Å². The van der Waals surface area contributed by atoms with Gasteiger partial charge in [0.1, 0.15) is 4.21 Å². The topological polar surface area (TPSA) is 86.7 Å². The van der Waals surface area contributed by atoms with Crippen molar-refractivity contribution in [1.29, 1.82) is 0 Å². The second-order valence-electron chi connectivity index (χ2n) is 5.92. The van der Waals surface area contributed by atoms with E-state index in [9.17, 15) is 18.3 Å². The van der Waals surface area contributed by atoms with Crippen molar-refractivity contribution >= 4 is 38.7 Å². The molecule has 0 saturated carbocycles. The zero-order valence-electron chi connectivity index (χ0n) is 14.5. The van der Waals surface area contributed by atoms with Gasteiger partial charge in [0.2, 0.25) is 0 Å². The number of hydrogen-bond acceptors (Lipinski definition) is 5. The van der Waals surface area contributed by atoms with Crippen LogP contribution in [0.15, 0.2) is 70.3 Å². The number of anilines is 2. The molecule has 0 aliphatic carbocycles. The largest absolute Gasteiger partial charge is 0.478 e. The van der Waals surface area contributed by atoms with E-state index in [1.165, 1.54) is 12.1 Å². The van der Waals surface area contributed by atoms with Crippen LogP contribution >= 0.6 is 11.3 Å². The van der Waals surface area contributed by atoms with Crippen LogP contribution in [0.1, 0.15) is 15.9 Å². The highest BCUT2D eigenvalue weighted by Crippen LogP contribution is 2.27. The molecule has 0 amide bonds. The molecule has 2 aromatic carbocycles. The Balaban J connectivity index is 1.88. The SMILES string of the molecule is CN(Cc1ccccc1)c1ccc(NS(=O)(=O)c2cccs2)cc1C(=O)O. The Hall–Kier alpha value is -2.84. The molecule has 0 atom stereocenters. The highest BCUT2D eigenvalue weighted by molar-refractivity contribution is 7.94. The van der Waals surface area contributed by atoms with Crippen molar-refractivity contribution in [3.8, 4) is 0 Å². The predicted octanol–water partition coefficient (Wildman–Crippen LogP) is 3.88. The molecule has 0 radical (unpaired) electrons. The van der Waals surface area contributed by atoms with Crippen LogP contribution in [0.5, 0.6) is 0 Å². The third kappa shape index (κ3) is 4.47. The van der Waals surface area contributed by atoms with Gasteiger partial charge in [-0.15, -0.1) is 11.3 Å². The molecule has 0 saturated heterocycles. The number of sulfonamides is 1. The summed E-state index contributed by atoms with van der Waals surface area (Å²) in [5.41, 5.74) is 1.78. The van der Waals surface area contributed by atoms with Crippen molar-refractivity contribution in [1.82, 2.24) is 0 Å². The summed E-state index contributed by atoms with van der Waals surface area (Å²) in [6, 6.07) is 17.3. The first-order valence-electron chi connectivity index (χ1n) is 8.05. The highest BCUT2D eigenvalue weighted by atomic mass is 32.2. The first-order valence-corrected chi connectivity index (χ1v) is 10.4. The van der Waals surface area contributed by atoms with Crippen molar-refractivity contribution in [2.75, 3.05) is 16.7 Å². The number of benzene rings is 2. The average molecular weight is 402 g/mol. The zero-order chi connectivity index (χ0) is 19.4. The maximum Gasteiger partial charge on any atom is 0.337 e. The van der Waals surface area contributed by atoms with Crippen LogP contribution in [0.4, 0.5) is 11.4 Å². The number of hydrogen-bond donors (Lipinski definition) is 2. The zero-order valence-corrected chi connectivity index (χ0v) is 16.1. The van der Waals surface area contributed by atoms with E-state index in [1.54, 1.807) is 30.6 Å². The third-order valence-corrected chi connectivity index (χ3v) is 6.69. The van der Waals surface area contributed by atoms with Crippen molar-refractivity contribution in [3.05, 3.63) is 77.2 Å². The lowest BCUT2D eigenvalue weighted by atomic mass is 10.1. The quantitative estimate of drug-likeness (QED) is 0.626. The molecular weight excluding hydrogens is 384 g/mol. The van der Waals surface area contributed by atoms with E-state index in [0.717, 1.165) is 16.9 Å². The number of carbonyl (C=O) groups is 1. The molecule has 27 heavy (non-hydrogen) atoms. The molecular formula is C19H18N2O4S2. The molecule has 3 rings (SSSR count). The molecule has 8 heteroatoms. The summed E-state index contributed by atoms with van der Waals surface area (Å²) in [5, 5.41) is 11.3. The van der Waals surface area contributed by atoms with E-state index in [2.05, 4.69) is 4.72 Å². The van der Waals surface area contributed by atoms with E-state index < -0.39 is 16.0 Å². The molecule has 0 unspecified atom stereocenters. The van der Waals surface area contributed by atoms with Crippen LogP contribution < -0.4 is 9.62 Å². The fourth-order valence-corrected chi connectivity index (χ4v) is 4.71. The molecule has 140 valence electrons. The molecule has 2 N–H and O–H groups in total. The summed E-state index contributed by atoms with van der Waals surface area (Å²) in [6.45, 7) is 0.529. The third-order valence-electron chi connectivity index (χ3n) is 3.91. The fourth-order valence-electron chi connectivity index (χ4n) is 2.67. The fraction of sp³-hybridized carbons (Fsp3) is 0.105. The molecule has 0 fully saturated rings. The van der Waals surface area contributed by atoms with Gasteiger partial charge < -0.3 is 10.0 Å². The van der Waals surface area contributed by atoms with E-state index >= 15 is 0 Å². The molecule has 3 aromatic rings. The van der Waals surface area contributed by atoms with Crippen molar-refractivity contribution < 1.29 is 18.3 Å². The maximum absolute atomic E-state index is 12.3. The van der Waals surface area contributed by atoms with Gasteiger partial charge in [-0.2, -0.15) is 0 Å². The van der Waals surface area contributed by atoms with Gasteiger partial charge in [0, 0.05) is 19.3 Å². The van der Waals surface area contributed by atoms with E-state index in [1.807, 2.05) is 35.2 Å². The molecule has 1 heterocycles. The second kappa shape index (κ2) is 7.81. The van der Waals surface area contributed by atoms with Gasteiger partial charge in [0.05, 0.1) is 11.3 Å². The Kier molecular flexibility index (Phi) is 5.48. The van der Waals surface area contributed by atoms with Crippen LogP contribution in [0, 0.1) is 0 Å². The normalized spacial score (nSPS) is 11.1. The number of carboxylic acid groups (broad SMARTS) is 1. The number of thiophene rings is 1. The molecule has 0 aliphatic rings. The first kappa shape index (κ1) is 18.9. The van der Waals surface area contributed by atoms with Gasteiger partial charge in [-0.1, -0.05) is 36.4 Å². The average Bonchev–Trinajstić information content (AvgIpc) is 3.18. The van der Waals surface area contributed by atoms with E-state index in [4.69, 9.17) is 0 Å². The number of nitrogens with one attached hydrogen (secondary N) is 1. The van der Waals surface area contributed by atoms with Crippen LogP contribution in [0.2, 0.25) is 0 Å². The van der Waals surface area contributed by atoms with Crippen molar-refractivity contribution in [3.63, 3.8) is 0 Å². The van der Waals surface area contributed by atoms with Crippen LogP contribution in [0.3, 0.4) is 0 Å². The minimum Gasteiger partial charge on any atom is -0.478 e. The van der Waals surface area contributed by atoms with Gasteiger partial charge in [-0.25, -0.2) is 13.2 Å². The summed E-state index contributed by atoms with van der Waals surface area (Å²) in [7, 11) is -1.94.